The lowest BCUT2D eigenvalue weighted by molar-refractivity contribution is 0.194. The van der Waals surface area contributed by atoms with Crippen LogP contribution in [0.25, 0.3) is 16.8 Å². The van der Waals surface area contributed by atoms with E-state index in [1.54, 1.807) is 17.8 Å². The van der Waals surface area contributed by atoms with Gasteiger partial charge in [-0.3, -0.25) is 0 Å². The standard InChI is InChI=1S/C16H15N3O/c1-12(20)16-11-19(18-17-16)15-9-7-14(8-10-15)13-5-3-2-4-6-13/h2-12,20H,1H3. The van der Waals surface area contributed by atoms with Crippen molar-refractivity contribution in [1.82, 2.24) is 15.0 Å². The normalized spacial score (nSPS) is 12.3. The number of rotatable bonds is 3. The van der Waals surface area contributed by atoms with Crippen molar-refractivity contribution in [2.24, 2.45) is 0 Å². The number of aliphatic hydroxyl groups excluding tert-OH is 1. The summed E-state index contributed by atoms with van der Waals surface area (Å²) in [7, 11) is 0. The molecule has 1 unspecified atom stereocenters. The van der Waals surface area contributed by atoms with Crippen LogP contribution in [0.2, 0.25) is 0 Å². The summed E-state index contributed by atoms with van der Waals surface area (Å²) in [4.78, 5) is 0. The molecule has 0 radical (unpaired) electrons. The van der Waals surface area contributed by atoms with Crippen molar-refractivity contribution in [3.8, 4) is 16.8 Å². The maximum atomic E-state index is 9.46. The van der Waals surface area contributed by atoms with Gasteiger partial charge in [-0.25, -0.2) is 4.68 Å². The number of hydrogen-bond acceptors (Lipinski definition) is 3. The van der Waals surface area contributed by atoms with Crippen LogP contribution in [0.1, 0.15) is 18.7 Å². The Labute approximate surface area is 117 Å². The van der Waals surface area contributed by atoms with Crippen LogP contribution in [0.4, 0.5) is 0 Å². The molecule has 0 fully saturated rings. The third kappa shape index (κ3) is 2.46. The summed E-state index contributed by atoms with van der Waals surface area (Å²) in [6.07, 6.45) is 1.13. The fourth-order valence-electron chi connectivity index (χ4n) is 2.03. The molecule has 0 aliphatic rings. The van der Waals surface area contributed by atoms with E-state index in [1.165, 1.54) is 5.56 Å². The largest absolute Gasteiger partial charge is 0.387 e. The van der Waals surface area contributed by atoms with E-state index in [9.17, 15) is 5.11 Å². The van der Waals surface area contributed by atoms with Crippen molar-refractivity contribution >= 4 is 0 Å². The highest BCUT2D eigenvalue weighted by molar-refractivity contribution is 5.64. The molecule has 1 aromatic heterocycles. The summed E-state index contributed by atoms with van der Waals surface area (Å²) in [5, 5.41) is 17.4. The van der Waals surface area contributed by atoms with Gasteiger partial charge in [-0.15, -0.1) is 5.10 Å². The van der Waals surface area contributed by atoms with Crippen molar-refractivity contribution in [3.63, 3.8) is 0 Å². The number of nitrogens with zero attached hydrogens (tertiary/aromatic N) is 3. The molecular formula is C16H15N3O. The van der Waals surface area contributed by atoms with Gasteiger partial charge in [0.05, 0.1) is 18.0 Å². The van der Waals surface area contributed by atoms with Crippen LogP contribution in [0, 0.1) is 0 Å². The molecule has 0 spiro atoms. The first-order valence-corrected chi connectivity index (χ1v) is 6.50. The molecule has 0 aliphatic heterocycles. The molecule has 3 aromatic rings. The second-order valence-corrected chi connectivity index (χ2v) is 4.68. The van der Waals surface area contributed by atoms with E-state index in [2.05, 4.69) is 22.4 Å². The Balaban J connectivity index is 1.89. The van der Waals surface area contributed by atoms with E-state index < -0.39 is 6.10 Å². The third-order valence-corrected chi connectivity index (χ3v) is 3.18. The van der Waals surface area contributed by atoms with Crippen LogP contribution in [0.5, 0.6) is 0 Å². The molecule has 0 aliphatic carbocycles. The highest BCUT2D eigenvalue weighted by atomic mass is 16.3. The first-order valence-electron chi connectivity index (χ1n) is 6.50. The summed E-state index contributed by atoms with van der Waals surface area (Å²) in [6, 6.07) is 18.3. The van der Waals surface area contributed by atoms with Gasteiger partial charge in [0.15, 0.2) is 0 Å². The molecule has 4 heteroatoms. The van der Waals surface area contributed by atoms with Gasteiger partial charge in [0.1, 0.15) is 5.69 Å². The SMILES string of the molecule is CC(O)c1cn(-c2ccc(-c3ccccc3)cc2)nn1. The van der Waals surface area contributed by atoms with Crippen molar-refractivity contribution in [1.29, 1.82) is 0 Å². The van der Waals surface area contributed by atoms with E-state index in [4.69, 9.17) is 0 Å². The van der Waals surface area contributed by atoms with Crippen molar-refractivity contribution in [3.05, 3.63) is 66.5 Å². The van der Waals surface area contributed by atoms with Gasteiger partial charge < -0.3 is 5.11 Å². The van der Waals surface area contributed by atoms with Crippen LogP contribution < -0.4 is 0 Å². The summed E-state index contributed by atoms with van der Waals surface area (Å²) >= 11 is 0. The molecule has 1 heterocycles. The minimum absolute atomic E-state index is 0.567. The highest BCUT2D eigenvalue weighted by Crippen LogP contribution is 2.20. The van der Waals surface area contributed by atoms with Crippen LogP contribution in [0.15, 0.2) is 60.8 Å². The van der Waals surface area contributed by atoms with E-state index in [1.807, 2.05) is 42.5 Å². The zero-order valence-corrected chi connectivity index (χ0v) is 11.1. The van der Waals surface area contributed by atoms with E-state index in [0.717, 1.165) is 11.3 Å². The van der Waals surface area contributed by atoms with Crippen LogP contribution in [-0.4, -0.2) is 20.1 Å². The van der Waals surface area contributed by atoms with Crippen LogP contribution in [-0.2, 0) is 0 Å². The van der Waals surface area contributed by atoms with Crippen molar-refractivity contribution in [2.75, 3.05) is 0 Å². The molecule has 1 N–H and O–H groups in total. The maximum absolute atomic E-state index is 9.46. The van der Waals surface area contributed by atoms with E-state index >= 15 is 0 Å². The molecule has 3 rings (SSSR count). The molecule has 0 amide bonds. The molecule has 20 heavy (non-hydrogen) atoms. The highest BCUT2D eigenvalue weighted by Gasteiger charge is 2.07. The Morgan fingerprint density at radius 3 is 2.20 bits per heavy atom. The third-order valence-electron chi connectivity index (χ3n) is 3.18. The van der Waals surface area contributed by atoms with Gasteiger partial charge in [0.25, 0.3) is 0 Å². The average molecular weight is 265 g/mol. The second kappa shape index (κ2) is 5.27. The molecule has 1 atom stereocenters. The van der Waals surface area contributed by atoms with Crippen molar-refractivity contribution in [2.45, 2.75) is 13.0 Å². The topological polar surface area (TPSA) is 50.9 Å². The Bertz CT molecular complexity index is 687. The van der Waals surface area contributed by atoms with E-state index in [-0.39, 0.29) is 0 Å². The number of aromatic nitrogens is 3. The molecule has 2 aromatic carbocycles. The molecule has 0 saturated heterocycles. The van der Waals surface area contributed by atoms with Crippen molar-refractivity contribution < 1.29 is 5.11 Å². The Hall–Kier alpha value is -2.46. The molecule has 4 nitrogen and oxygen atoms in total. The summed E-state index contributed by atoms with van der Waals surface area (Å²) in [5.41, 5.74) is 3.83. The van der Waals surface area contributed by atoms with Gasteiger partial charge in [0.2, 0.25) is 0 Å². The second-order valence-electron chi connectivity index (χ2n) is 4.68. The van der Waals surface area contributed by atoms with Gasteiger partial charge in [0, 0.05) is 0 Å². The fraction of sp³-hybridized carbons (Fsp3) is 0.125. The maximum Gasteiger partial charge on any atom is 0.111 e. The summed E-state index contributed by atoms with van der Waals surface area (Å²) in [5.74, 6) is 0. The predicted molar refractivity (Wildman–Crippen MR) is 77.4 cm³/mol. The monoisotopic (exact) mass is 265 g/mol. The smallest absolute Gasteiger partial charge is 0.111 e. The molecule has 0 saturated carbocycles. The Morgan fingerprint density at radius 1 is 0.950 bits per heavy atom. The first-order chi connectivity index (χ1) is 9.74. The average Bonchev–Trinajstić information content (AvgIpc) is 2.98. The zero-order valence-electron chi connectivity index (χ0n) is 11.1. The fourth-order valence-corrected chi connectivity index (χ4v) is 2.03. The zero-order chi connectivity index (χ0) is 13.9. The van der Waals surface area contributed by atoms with Gasteiger partial charge in [-0.1, -0.05) is 47.7 Å². The van der Waals surface area contributed by atoms with E-state index in [0.29, 0.717) is 5.69 Å². The lowest BCUT2D eigenvalue weighted by Crippen LogP contribution is -1.94. The Kier molecular flexibility index (Phi) is 3.31. The molecular weight excluding hydrogens is 250 g/mol. The van der Waals surface area contributed by atoms with Gasteiger partial charge >= 0.3 is 0 Å². The lowest BCUT2D eigenvalue weighted by Gasteiger charge is -2.04. The summed E-state index contributed by atoms with van der Waals surface area (Å²) < 4.78 is 1.66. The number of hydrogen-bond donors (Lipinski definition) is 1. The Morgan fingerprint density at radius 2 is 1.60 bits per heavy atom. The molecule has 0 bridgehead atoms. The number of benzene rings is 2. The van der Waals surface area contributed by atoms with Crippen LogP contribution in [0.3, 0.4) is 0 Å². The predicted octanol–water partition coefficient (Wildman–Crippen LogP) is 2.99. The quantitative estimate of drug-likeness (QED) is 0.792. The lowest BCUT2D eigenvalue weighted by atomic mass is 10.1. The van der Waals surface area contributed by atoms with Gasteiger partial charge in [-0.05, 0) is 30.2 Å². The first kappa shape index (κ1) is 12.6. The van der Waals surface area contributed by atoms with Gasteiger partial charge in [-0.2, -0.15) is 0 Å². The minimum atomic E-state index is -0.604. The number of aliphatic hydroxyl groups is 1. The minimum Gasteiger partial charge on any atom is -0.387 e. The molecule has 100 valence electrons. The van der Waals surface area contributed by atoms with Crippen LogP contribution >= 0.6 is 0 Å². The summed E-state index contributed by atoms with van der Waals surface area (Å²) in [6.45, 7) is 1.67.